The van der Waals surface area contributed by atoms with Crippen LogP contribution in [0.1, 0.15) is 28.8 Å². The van der Waals surface area contributed by atoms with E-state index in [1.807, 2.05) is 6.07 Å². The molecule has 1 aliphatic carbocycles. The van der Waals surface area contributed by atoms with Gasteiger partial charge in [-0.2, -0.15) is 0 Å². The molecule has 1 heterocycles. The van der Waals surface area contributed by atoms with Crippen molar-refractivity contribution in [2.75, 3.05) is 11.9 Å². The molecular weight excluding hydrogens is 232 g/mol. The molecule has 0 bridgehead atoms. The van der Waals surface area contributed by atoms with Gasteiger partial charge in [0.1, 0.15) is 5.54 Å². The predicted molar refractivity (Wildman–Crippen MR) is 65.7 cm³/mol. The Balaban J connectivity index is 1.79. The number of rotatable bonds is 3. The van der Waals surface area contributed by atoms with Gasteiger partial charge in [-0.1, -0.05) is 6.07 Å². The summed E-state index contributed by atoms with van der Waals surface area (Å²) in [4.78, 5) is 23.0. The number of nitrogens with one attached hydrogen (secondary N) is 2. The minimum atomic E-state index is -1.02. The third-order valence-corrected chi connectivity index (χ3v) is 3.59. The van der Waals surface area contributed by atoms with E-state index in [0.29, 0.717) is 18.4 Å². The second kappa shape index (κ2) is 3.73. The van der Waals surface area contributed by atoms with Crippen LogP contribution in [0.25, 0.3) is 0 Å². The fourth-order valence-electron chi connectivity index (χ4n) is 2.24. The van der Waals surface area contributed by atoms with Crippen molar-refractivity contribution in [1.82, 2.24) is 5.32 Å². The minimum absolute atomic E-state index is 0.314. The Kier molecular flexibility index (Phi) is 2.29. The highest BCUT2D eigenvalue weighted by atomic mass is 16.4. The first-order valence-electron chi connectivity index (χ1n) is 6.03. The quantitative estimate of drug-likeness (QED) is 0.743. The molecule has 0 atom stereocenters. The van der Waals surface area contributed by atoms with E-state index in [4.69, 9.17) is 5.11 Å². The smallest absolute Gasteiger partial charge is 0.329 e. The first kappa shape index (κ1) is 11.1. The van der Waals surface area contributed by atoms with E-state index in [9.17, 15) is 9.59 Å². The fraction of sp³-hybridized carbons (Fsp3) is 0.385. The molecule has 1 aromatic rings. The largest absolute Gasteiger partial charge is 0.480 e. The summed E-state index contributed by atoms with van der Waals surface area (Å²) >= 11 is 0. The Bertz CT molecular complexity index is 535. The van der Waals surface area contributed by atoms with Crippen LogP contribution in [0, 0.1) is 0 Å². The second-order valence-corrected chi connectivity index (χ2v) is 4.89. The normalized spacial score (nSPS) is 18.7. The van der Waals surface area contributed by atoms with Gasteiger partial charge in [0.2, 0.25) is 0 Å². The number of hydrogen-bond acceptors (Lipinski definition) is 3. The summed E-state index contributed by atoms with van der Waals surface area (Å²) in [6, 6.07) is 5.46. The molecule has 5 heteroatoms. The Hall–Kier alpha value is -2.04. The summed E-state index contributed by atoms with van der Waals surface area (Å²) in [6.45, 7) is 0.888. The molecule has 94 valence electrons. The first-order chi connectivity index (χ1) is 8.61. The van der Waals surface area contributed by atoms with E-state index in [2.05, 4.69) is 10.6 Å². The topological polar surface area (TPSA) is 78.4 Å². The minimum Gasteiger partial charge on any atom is -0.480 e. The molecule has 1 fully saturated rings. The third-order valence-electron chi connectivity index (χ3n) is 3.59. The van der Waals surface area contributed by atoms with E-state index in [-0.39, 0.29) is 5.91 Å². The van der Waals surface area contributed by atoms with Gasteiger partial charge in [0.05, 0.1) is 0 Å². The van der Waals surface area contributed by atoms with Crippen LogP contribution in [0.5, 0.6) is 0 Å². The lowest BCUT2D eigenvalue weighted by Crippen LogP contribution is -2.43. The summed E-state index contributed by atoms with van der Waals surface area (Å²) in [6.07, 6.45) is 1.99. The average Bonchev–Trinajstić information content (AvgIpc) is 2.98. The molecule has 0 aromatic heterocycles. The Labute approximate surface area is 104 Å². The standard InChI is InChI=1S/C13H14N2O3/c16-11(15-13(4-5-13)12(17)18)9-2-1-8-3-6-14-10(8)7-9/h1-2,7,14H,3-6H2,(H,15,16)(H,17,18). The zero-order chi connectivity index (χ0) is 12.8. The molecule has 0 spiro atoms. The van der Waals surface area contributed by atoms with Gasteiger partial charge in [0.25, 0.3) is 5.91 Å². The van der Waals surface area contributed by atoms with Crippen LogP contribution in [0.15, 0.2) is 18.2 Å². The Morgan fingerprint density at radius 1 is 1.33 bits per heavy atom. The second-order valence-electron chi connectivity index (χ2n) is 4.89. The van der Waals surface area contributed by atoms with Crippen molar-refractivity contribution in [3.05, 3.63) is 29.3 Å². The van der Waals surface area contributed by atoms with E-state index >= 15 is 0 Å². The summed E-state index contributed by atoms with van der Waals surface area (Å²) < 4.78 is 0. The molecular formula is C13H14N2O3. The highest BCUT2D eigenvalue weighted by Crippen LogP contribution is 2.36. The molecule has 1 aromatic carbocycles. The van der Waals surface area contributed by atoms with Crippen LogP contribution < -0.4 is 10.6 Å². The summed E-state index contributed by atoms with van der Waals surface area (Å²) in [5.74, 6) is -1.26. The van der Waals surface area contributed by atoms with Crippen molar-refractivity contribution < 1.29 is 14.7 Å². The highest BCUT2D eigenvalue weighted by molar-refractivity contribution is 5.99. The van der Waals surface area contributed by atoms with Gasteiger partial charge in [-0.3, -0.25) is 4.79 Å². The Morgan fingerprint density at radius 2 is 2.11 bits per heavy atom. The number of anilines is 1. The van der Waals surface area contributed by atoms with Crippen molar-refractivity contribution >= 4 is 17.6 Å². The van der Waals surface area contributed by atoms with Crippen LogP contribution in [-0.2, 0) is 11.2 Å². The molecule has 3 rings (SSSR count). The Morgan fingerprint density at radius 3 is 2.78 bits per heavy atom. The van der Waals surface area contributed by atoms with E-state index < -0.39 is 11.5 Å². The number of carbonyl (C=O) groups is 2. The maximum absolute atomic E-state index is 12.0. The lowest BCUT2D eigenvalue weighted by atomic mass is 10.1. The van der Waals surface area contributed by atoms with Crippen LogP contribution in [0.2, 0.25) is 0 Å². The summed E-state index contributed by atoms with van der Waals surface area (Å²) in [5.41, 5.74) is 1.66. The number of aliphatic carboxylic acids is 1. The van der Waals surface area contributed by atoms with Crippen LogP contribution in [-0.4, -0.2) is 29.1 Å². The molecule has 18 heavy (non-hydrogen) atoms. The van der Waals surface area contributed by atoms with Crippen LogP contribution in [0.3, 0.4) is 0 Å². The zero-order valence-corrected chi connectivity index (χ0v) is 9.82. The molecule has 1 aliphatic heterocycles. The number of carboxylic acid groups (broad SMARTS) is 1. The number of amides is 1. The van der Waals surface area contributed by atoms with Gasteiger partial charge in [-0.05, 0) is 37.0 Å². The summed E-state index contributed by atoms with van der Waals surface area (Å²) in [5, 5.41) is 14.8. The molecule has 2 aliphatic rings. The molecule has 5 nitrogen and oxygen atoms in total. The zero-order valence-electron chi connectivity index (χ0n) is 9.82. The van der Waals surface area contributed by atoms with Crippen molar-refractivity contribution in [3.63, 3.8) is 0 Å². The van der Waals surface area contributed by atoms with Crippen molar-refractivity contribution in [3.8, 4) is 0 Å². The maximum atomic E-state index is 12.0. The van der Waals surface area contributed by atoms with Gasteiger partial charge in [0, 0.05) is 17.8 Å². The highest BCUT2D eigenvalue weighted by Gasteiger charge is 2.51. The molecule has 3 N–H and O–H groups in total. The van der Waals surface area contributed by atoms with Crippen molar-refractivity contribution in [1.29, 1.82) is 0 Å². The van der Waals surface area contributed by atoms with E-state index in [1.54, 1.807) is 12.1 Å². The molecule has 1 amide bonds. The van der Waals surface area contributed by atoms with Gasteiger partial charge in [-0.25, -0.2) is 4.79 Å². The first-order valence-corrected chi connectivity index (χ1v) is 6.03. The summed E-state index contributed by atoms with van der Waals surface area (Å²) in [7, 11) is 0. The number of fused-ring (bicyclic) bond motifs is 1. The third kappa shape index (κ3) is 1.72. The number of carbonyl (C=O) groups excluding carboxylic acids is 1. The van der Waals surface area contributed by atoms with E-state index in [0.717, 1.165) is 18.7 Å². The van der Waals surface area contributed by atoms with Crippen molar-refractivity contribution in [2.24, 2.45) is 0 Å². The van der Waals surface area contributed by atoms with Gasteiger partial charge in [0.15, 0.2) is 0 Å². The molecule has 0 radical (unpaired) electrons. The van der Waals surface area contributed by atoms with Gasteiger partial charge >= 0.3 is 5.97 Å². The lowest BCUT2D eigenvalue weighted by Gasteiger charge is -2.13. The number of hydrogen-bond donors (Lipinski definition) is 3. The SMILES string of the molecule is O=C(NC1(C(=O)O)CC1)c1ccc2c(c1)NCC2. The van der Waals surface area contributed by atoms with E-state index in [1.165, 1.54) is 5.56 Å². The maximum Gasteiger partial charge on any atom is 0.329 e. The molecule has 0 unspecified atom stereocenters. The average molecular weight is 246 g/mol. The predicted octanol–water partition coefficient (Wildman–Crippen LogP) is 1.00. The van der Waals surface area contributed by atoms with Gasteiger partial charge < -0.3 is 15.7 Å². The number of benzene rings is 1. The van der Waals surface area contributed by atoms with Crippen LogP contribution >= 0.6 is 0 Å². The molecule has 1 saturated carbocycles. The monoisotopic (exact) mass is 246 g/mol. The fourth-order valence-corrected chi connectivity index (χ4v) is 2.24. The number of carboxylic acids is 1. The lowest BCUT2D eigenvalue weighted by molar-refractivity contribution is -0.140. The molecule has 0 saturated heterocycles. The van der Waals surface area contributed by atoms with Crippen molar-refractivity contribution in [2.45, 2.75) is 24.8 Å². The van der Waals surface area contributed by atoms with Gasteiger partial charge in [-0.15, -0.1) is 0 Å². The van der Waals surface area contributed by atoms with Crippen LogP contribution in [0.4, 0.5) is 5.69 Å².